The first-order valence-corrected chi connectivity index (χ1v) is 48.4. The van der Waals surface area contributed by atoms with Gasteiger partial charge in [-0.25, -0.2) is 29.9 Å². The van der Waals surface area contributed by atoms with E-state index in [0.29, 0.717) is 57.2 Å². The summed E-state index contributed by atoms with van der Waals surface area (Å²) in [5.74, 6) is 2.89. The van der Waals surface area contributed by atoms with E-state index < -0.39 is 5.41 Å². The first kappa shape index (κ1) is 88.8. The summed E-state index contributed by atoms with van der Waals surface area (Å²) in [7, 11) is 0. The lowest BCUT2D eigenvalue weighted by atomic mass is 9.71. The fourth-order valence-corrected chi connectivity index (χ4v) is 20.7. The van der Waals surface area contributed by atoms with Crippen LogP contribution in [-0.2, 0) is 32.5 Å². The number of hydrogen-bond acceptors (Lipinski definition) is 10. The van der Waals surface area contributed by atoms with E-state index >= 15 is 0 Å². The van der Waals surface area contributed by atoms with Crippen molar-refractivity contribution < 1.29 is 0 Å². The van der Waals surface area contributed by atoms with Crippen LogP contribution in [-0.4, -0.2) is 58.1 Å². The Balaban J connectivity index is 0.661. The Morgan fingerprint density at radius 1 is 0.229 bits per heavy atom. The predicted molar refractivity (Wildman–Crippen MR) is 576 cm³/mol. The third kappa shape index (κ3) is 15.6. The molecule has 0 aliphatic carbocycles. The lowest BCUT2D eigenvalue weighted by Crippen LogP contribution is -2.25. The molecule has 0 amide bonds. The minimum atomic E-state index is -0.397. The standard InChI is InChI=1S/C126H108N14/c1-121(2,3)85-53-49-77(50-54-85)115-131-116(133-117(132-115)79-63-83(73-127)113(139-107-45-29-21-37-95(107)96-38-22-30-46-108(96)139)101(69-79)99-57-61-129-75-111(99)137-103-41-25-17-33-91(103)92-34-18-26-42-104(92)137)78-51-55-86(56-52-78)125(13,14)59-60-126(15,16)90-68-82(67-89(72-90)124(10,11)12)120-135-118(134-119(136-120)81-65-87(122(4,5)6)71-88(66-81)123(7,8)9)80-64-84(74-128)114(140-109-47-31-23-39-97(109)98-40-24-32-48-110(98)140)102(70-80)100-58-62-130-76-112(100)138-105-43-27-19-35-93(105)94-36-20-28-44-106(94)138/h17-58,61-72,75-76H,59-60H2,1-16H3. The summed E-state index contributed by atoms with van der Waals surface area (Å²) in [5.41, 5.74) is 25.5. The molecule has 0 spiro atoms. The Kier molecular flexibility index (Phi) is 21.4. The number of hydrogen-bond donors (Lipinski definition) is 0. The van der Waals surface area contributed by atoms with Crippen LogP contribution < -0.4 is 0 Å². The summed E-state index contributed by atoms with van der Waals surface area (Å²) in [6.45, 7) is 36.5. The first-order chi connectivity index (χ1) is 67.3. The maximum absolute atomic E-state index is 12.2. The van der Waals surface area contributed by atoms with Crippen molar-refractivity contribution in [3.63, 3.8) is 0 Å². The predicted octanol–water partition coefficient (Wildman–Crippen LogP) is 31.5. The molecule has 0 radical (unpaired) electrons. The van der Waals surface area contributed by atoms with E-state index in [1.54, 1.807) is 0 Å². The van der Waals surface area contributed by atoms with Crippen molar-refractivity contribution in [3.05, 3.63) is 385 Å². The molecule has 0 bridgehead atoms. The Morgan fingerprint density at radius 3 is 0.757 bits per heavy atom. The number of nitrogens with zero attached hydrogens (tertiary/aromatic N) is 14. The number of rotatable bonds is 17. The number of aromatic nitrogens is 12. The average molecular weight is 1820 g/mol. The van der Waals surface area contributed by atoms with Gasteiger partial charge >= 0.3 is 0 Å². The molecule has 682 valence electrons. The third-order valence-electron chi connectivity index (χ3n) is 28.7. The summed E-state index contributed by atoms with van der Waals surface area (Å²) in [4.78, 5) is 43.3. The molecule has 0 aliphatic rings. The zero-order chi connectivity index (χ0) is 96.8. The van der Waals surface area contributed by atoms with E-state index in [1.165, 1.54) is 22.3 Å². The van der Waals surface area contributed by atoms with Gasteiger partial charge in [-0.15, -0.1) is 0 Å². The van der Waals surface area contributed by atoms with Gasteiger partial charge in [0.25, 0.3) is 0 Å². The van der Waals surface area contributed by atoms with E-state index in [9.17, 15) is 10.5 Å². The van der Waals surface area contributed by atoms with Crippen LogP contribution >= 0.6 is 0 Å². The number of nitriles is 2. The minimum absolute atomic E-state index is 0.102. The molecule has 22 aromatic rings. The molecule has 8 aromatic heterocycles. The van der Waals surface area contributed by atoms with Crippen molar-refractivity contribution in [2.75, 3.05) is 0 Å². The first-order valence-electron chi connectivity index (χ1n) is 48.4. The van der Waals surface area contributed by atoms with E-state index in [2.05, 4.69) is 445 Å². The summed E-state index contributed by atoms with van der Waals surface area (Å²) in [5, 5.41) is 32.9. The molecule has 0 saturated heterocycles. The molecule has 0 aliphatic heterocycles. The molecule has 22 rings (SSSR count). The largest absolute Gasteiger partial charge is 0.307 e. The maximum Gasteiger partial charge on any atom is 0.164 e. The Bertz CT molecular complexity index is 8630. The van der Waals surface area contributed by atoms with Gasteiger partial charge in [0.05, 0.1) is 90.4 Å². The van der Waals surface area contributed by atoms with Crippen molar-refractivity contribution in [1.82, 2.24) is 58.1 Å². The molecule has 14 nitrogen and oxygen atoms in total. The third-order valence-corrected chi connectivity index (χ3v) is 28.7. The quantitative estimate of drug-likeness (QED) is 0.0855. The van der Waals surface area contributed by atoms with E-state index in [0.717, 1.165) is 178 Å². The van der Waals surface area contributed by atoms with Crippen molar-refractivity contribution >= 4 is 87.2 Å². The smallest absolute Gasteiger partial charge is 0.164 e. The van der Waals surface area contributed by atoms with Gasteiger partial charge in [-0.05, 0) is 188 Å². The Labute approximate surface area is 816 Å². The van der Waals surface area contributed by atoms with E-state index in [1.807, 2.05) is 36.9 Å². The van der Waals surface area contributed by atoms with Crippen molar-refractivity contribution in [2.24, 2.45) is 0 Å². The zero-order valence-electron chi connectivity index (χ0n) is 82.0. The lowest BCUT2D eigenvalue weighted by Gasteiger charge is -2.33. The fraction of sp³-hybridized carbons (Fsp3) is 0.190. The topological polar surface area (TPSA) is 170 Å². The van der Waals surface area contributed by atoms with Crippen molar-refractivity contribution in [2.45, 2.75) is 156 Å². The highest BCUT2D eigenvalue weighted by Gasteiger charge is 2.34. The second-order valence-corrected chi connectivity index (χ2v) is 43.0. The van der Waals surface area contributed by atoms with Gasteiger partial charge in [0.2, 0.25) is 0 Å². The monoisotopic (exact) mass is 1820 g/mol. The van der Waals surface area contributed by atoms with Crippen LogP contribution in [0.2, 0.25) is 0 Å². The summed E-state index contributed by atoms with van der Waals surface area (Å²) < 4.78 is 9.15. The van der Waals surface area contributed by atoms with Crippen LogP contribution in [0.25, 0.3) is 201 Å². The normalized spacial score (nSPS) is 12.5. The summed E-state index contributed by atoms with van der Waals surface area (Å²) in [6, 6.07) is 117. The number of benzene rings is 14. The molecule has 0 N–H and O–H groups in total. The molecule has 0 atom stereocenters. The van der Waals surface area contributed by atoms with E-state index in [-0.39, 0.29) is 27.1 Å². The number of pyridine rings is 2. The molecule has 14 heteroatoms. The minimum Gasteiger partial charge on any atom is -0.307 e. The SMILES string of the molecule is CC(C)(C)c1ccc(-c2nc(-c3ccc(C(C)(C)CCC(C)(C)c4cc(-c5nc(-c6cc(C(C)(C)C)cc(C(C)(C)C)c6)nc(-c6cc(C#N)c(-n7c8ccccc8c8ccccc87)c(-c7ccncc7-n7c8ccccc8c8ccccc87)c6)n5)cc(C(C)(C)C)c4)cc3)nc(-c3cc(C#N)c(-n4c5ccccc5c5ccccc54)c(-c4ccncc4-n4c5ccccc5c5ccccc54)c3)n2)cc1. The molecule has 14 aromatic carbocycles. The molecule has 140 heavy (non-hydrogen) atoms. The number of fused-ring (bicyclic) bond motifs is 12. The van der Waals surface area contributed by atoms with Gasteiger partial charge in [0, 0.05) is 111 Å². The van der Waals surface area contributed by atoms with Crippen LogP contribution in [0.5, 0.6) is 0 Å². The highest BCUT2D eigenvalue weighted by atomic mass is 15.1. The number of para-hydroxylation sites is 8. The second-order valence-electron chi connectivity index (χ2n) is 43.0. The van der Waals surface area contributed by atoms with Gasteiger partial charge in [-0.2, -0.15) is 10.5 Å². The van der Waals surface area contributed by atoms with Crippen LogP contribution in [0.4, 0.5) is 0 Å². The van der Waals surface area contributed by atoms with Crippen molar-refractivity contribution in [1.29, 1.82) is 10.5 Å². The molecule has 0 fully saturated rings. The second kappa shape index (κ2) is 33.8. The van der Waals surface area contributed by atoms with Gasteiger partial charge in [0.15, 0.2) is 34.9 Å². The van der Waals surface area contributed by atoms with Crippen LogP contribution in [0, 0.1) is 22.7 Å². The lowest BCUT2D eigenvalue weighted by molar-refractivity contribution is 0.374. The summed E-state index contributed by atoms with van der Waals surface area (Å²) >= 11 is 0. The van der Waals surface area contributed by atoms with Gasteiger partial charge in [-0.1, -0.05) is 317 Å². The molecular formula is C126H108N14. The van der Waals surface area contributed by atoms with Gasteiger partial charge in [0.1, 0.15) is 12.1 Å². The molecule has 0 unspecified atom stereocenters. The Morgan fingerprint density at radius 2 is 0.471 bits per heavy atom. The van der Waals surface area contributed by atoms with Gasteiger partial charge < -0.3 is 18.3 Å². The fourth-order valence-electron chi connectivity index (χ4n) is 20.7. The molecule has 0 saturated carbocycles. The zero-order valence-corrected chi connectivity index (χ0v) is 82.0. The van der Waals surface area contributed by atoms with Crippen molar-refractivity contribution in [3.8, 4) is 125 Å². The average Bonchev–Trinajstić information content (AvgIpc) is 1.56. The summed E-state index contributed by atoms with van der Waals surface area (Å²) in [6.07, 6.45) is 9.25. The van der Waals surface area contributed by atoms with Gasteiger partial charge in [-0.3, -0.25) is 9.97 Å². The molecule has 8 heterocycles. The highest BCUT2D eigenvalue weighted by Crippen LogP contribution is 2.50. The highest BCUT2D eigenvalue weighted by molar-refractivity contribution is 6.14. The van der Waals surface area contributed by atoms with E-state index in [4.69, 9.17) is 39.9 Å². The van der Waals surface area contributed by atoms with Crippen LogP contribution in [0.3, 0.4) is 0 Å². The van der Waals surface area contributed by atoms with Crippen LogP contribution in [0.15, 0.2) is 340 Å². The Hall–Kier alpha value is -16.4. The van der Waals surface area contributed by atoms with Crippen LogP contribution in [0.1, 0.15) is 168 Å². The molecular weight excluding hydrogens is 1710 g/mol. The maximum atomic E-state index is 12.2.